The minimum absolute atomic E-state index is 0.0725. The van der Waals surface area contributed by atoms with Crippen molar-refractivity contribution in [1.82, 2.24) is 0 Å². The summed E-state index contributed by atoms with van der Waals surface area (Å²) >= 11 is 0. The van der Waals surface area contributed by atoms with Crippen molar-refractivity contribution in [3.8, 4) is 0 Å². The number of fused-ring (bicyclic) bond motifs is 1. The zero-order valence-corrected chi connectivity index (χ0v) is 13.7. The van der Waals surface area contributed by atoms with Crippen LogP contribution in [0.25, 0.3) is 11.0 Å². The van der Waals surface area contributed by atoms with Crippen molar-refractivity contribution in [3.63, 3.8) is 0 Å². The molecule has 0 fully saturated rings. The Bertz CT molecular complexity index is 951. The second-order valence-corrected chi connectivity index (χ2v) is 5.78. The molecular formula is C19H20N4O2. The van der Waals surface area contributed by atoms with Crippen LogP contribution in [-0.2, 0) is 6.54 Å². The van der Waals surface area contributed by atoms with Crippen molar-refractivity contribution >= 4 is 22.5 Å². The summed E-state index contributed by atoms with van der Waals surface area (Å²) in [7, 11) is 0. The molecule has 0 amide bonds. The minimum Gasteiger partial charge on any atom is -0.422 e. The Morgan fingerprint density at radius 2 is 1.88 bits per heavy atom. The molecule has 25 heavy (non-hydrogen) atoms. The van der Waals surface area contributed by atoms with Crippen LogP contribution < -0.4 is 22.0 Å². The lowest BCUT2D eigenvalue weighted by Gasteiger charge is -2.24. The van der Waals surface area contributed by atoms with Crippen LogP contribution in [0.3, 0.4) is 0 Å². The zero-order valence-electron chi connectivity index (χ0n) is 13.7. The van der Waals surface area contributed by atoms with Gasteiger partial charge in [-0.15, -0.1) is 0 Å². The molecule has 1 aromatic heterocycles. The second kappa shape index (κ2) is 7.19. The fraction of sp³-hybridized carbons (Fsp3) is 0.158. The quantitative estimate of drug-likeness (QED) is 0.362. The molecule has 128 valence electrons. The molecule has 2 aromatic carbocycles. The normalized spacial score (nSPS) is 10.8. The van der Waals surface area contributed by atoms with Gasteiger partial charge < -0.3 is 20.8 Å². The minimum atomic E-state index is -0.606. The van der Waals surface area contributed by atoms with Gasteiger partial charge in [0.2, 0.25) is 0 Å². The lowest BCUT2D eigenvalue weighted by molar-refractivity contribution is 0.559. The molecule has 0 unspecified atom stereocenters. The smallest absolute Gasteiger partial charge is 0.347 e. The Morgan fingerprint density at radius 1 is 1.12 bits per heavy atom. The third kappa shape index (κ3) is 3.70. The zero-order chi connectivity index (χ0) is 17.8. The summed E-state index contributed by atoms with van der Waals surface area (Å²) < 4.78 is 5.34. The van der Waals surface area contributed by atoms with E-state index >= 15 is 0 Å². The first-order chi connectivity index (χ1) is 12.1. The van der Waals surface area contributed by atoms with Gasteiger partial charge in [0.1, 0.15) is 17.0 Å². The molecule has 0 bridgehead atoms. The van der Waals surface area contributed by atoms with Crippen LogP contribution in [0.2, 0.25) is 0 Å². The van der Waals surface area contributed by atoms with Gasteiger partial charge >= 0.3 is 5.63 Å². The van der Waals surface area contributed by atoms with Crippen molar-refractivity contribution < 1.29 is 4.42 Å². The van der Waals surface area contributed by atoms with E-state index in [2.05, 4.69) is 17.0 Å². The highest BCUT2D eigenvalue weighted by molar-refractivity contribution is 5.97. The Labute approximate surface area is 145 Å². The van der Waals surface area contributed by atoms with Crippen molar-refractivity contribution in [2.24, 2.45) is 11.5 Å². The molecule has 0 spiro atoms. The van der Waals surface area contributed by atoms with Crippen LogP contribution in [0, 0.1) is 5.41 Å². The maximum atomic E-state index is 12.0. The third-order valence-corrected chi connectivity index (χ3v) is 3.99. The molecule has 5 N–H and O–H groups in total. The van der Waals surface area contributed by atoms with E-state index in [1.807, 2.05) is 36.4 Å². The molecule has 0 aliphatic carbocycles. The number of nitrogen functional groups attached to an aromatic ring is 1. The molecule has 0 saturated heterocycles. The lowest BCUT2D eigenvalue weighted by Crippen LogP contribution is -2.29. The van der Waals surface area contributed by atoms with Crippen LogP contribution >= 0.6 is 0 Å². The number of amidine groups is 1. The Hall–Kier alpha value is -3.12. The van der Waals surface area contributed by atoms with E-state index in [-0.39, 0.29) is 11.4 Å². The SMILES string of the molecule is N=C(N)c1cc2ccc(N(CCN)Cc3ccccc3)cc2oc1=O. The fourth-order valence-electron chi connectivity index (χ4n) is 2.74. The number of nitrogens with zero attached hydrogens (tertiary/aromatic N) is 1. The van der Waals surface area contributed by atoms with Gasteiger partial charge in [-0.05, 0) is 23.8 Å². The fourth-order valence-corrected chi connectivity index (χ4v) is 2.74. The third-order valence-electron chi connectivity index (χ3n) is 3.99. The van der Waals surface area contributed by atoms with Crippen LogP contribution in [0.1, 0.15) is 11.1 Å². The predicted molar refractivity (Wildman–Crippen MR) is 100 cm³/mol. The van der Waals surface area contributed by atoms with Gasteiger partial charge in [0, 0.05) is 36.8 Å². The van der Waals surface area contributed by atoms with Crippen LogP contribution in [-0.4, -0.2) is 18.9 Å². The number of hydrogen-bond acceptors (Lipinski definition) is 5. The first kappa shape index (κ1) is 16.7. The van der Waals surface area contributed by atoms with E-state index in [0.29, 0.717) is 25.2 Å². The summed E-state index contributed by atoms with van der Waals surface area (Å²) in [6.07, 6.45) is 0. The topological polar surface area (TPSA) is 109 Å². The molecule has 0 saturated carbocycles. The highest BCUT2D eigenvalue weighted by Crippen LogP contribution is 2.23. The summed E-state index contributed by atoms with van der Waals surface area (Å²) in [6.45, 7) is 1.90. The average molecular weight is 336 g/mol. The summed E-state index contributed by atoms with van der Waals surface area (Å²) in [5, 5.41) is 8.16. The maximum absolute atomic E-state index is 12.0. The largest absolute Gasteiger partial charge is 0.422 e. The number of anilines is 1. The van der Waals surface area contributed by atoms with Crippen LogP contribution in [0.15, 0.2) is 63.8 Å². The first-order valence-electron chi connectivity index (χ1n) is 7.99. The predicted octanol–water partition coefficient (Wildman–Crippen LogP) is 2.04. The van der Waals surface area contributed by atoms with E-state index in [9.17, 15) is 4.79 Å². The van der Waals surface area contributed by atoms with Crippen molar-refractivity contribution in [2.45, 2.75) is 6.54 Å². The Kier molecular flexibility index (Phi) is 4.81. The summed E-state index contributed by atoms with van der Waals surface area (Å²) in [6, 6.07) is 17.3. The number of nitrogens with two attached hydrogens (primary N) is 2. The van der Waals surface area contributed by atoms with Gasteiger partial charge in [-0.25, -0.2) is 4.79 Å². The van der Waals surface area contributed by atoms with Crippen molar-refractivity contribution in [1.29, 1.82) is 5.41 Å². The van der Waals surface area contributed by atoms with E-state index in [0.717, 1.165) is 11.1 Å². The van der Waals surface area contributed by atoms with Crippen molar-refractivity contribution in [3.05, 3.63) is 76.1 Å². The highest BCUT2D eigenvalue weighted by atomic mass is 16.4. The van der Waals surface area contributed by atoms with Gasteiger partial charge in [-0.1, -0.05) is 30.3 Å². The highest BCUT2D eigenvalue weighted by Gasteiger charge is 2.11. The molecular weight excluding hydrogens is 316 g/mol. The van der Waals surface area contributed by atoms with Gasteiger partial charge in [0.25, 0.3) is 0 Å². The molecule has 0 atom stereocenters. The van der Waals surface area contributed by atoms with Gasteiger partial charge in [0.15, 0.2) is 0 Å². The monoisotopic (exact) mass is 336 g/mol. The van der Waals surface area contributed by atoms with E-state index in [1.165, 1.54) is 5.56 Å². The molecule has 6 nitrogen and oxygen atoms in total. The van der Waals surface area contributed by atoms with Crippen LogP contribution in [0.5, 0.6) is 0 Å². The summed E-state index contributed by atoms with van der Waals surface area (Å²) in [4.78, 5) is 14.1. The maximum Gasteiger partial charge on any atom is 0.347 e. The molecule has 3 aromatic rings. The van der Waals surface area contributed by atoms with E-state index in [1.54, 1.807) is 6.07 Å². The summed E-state index contributed by atoms with van der Waals surface area (Å²) in [5.74, 6) is -0.298. The van der Waals surface area contributed by atoms with Crippen LogP contribution in [0.4, 0.5) is 5.69 Å². The Balaban J connectivity index is 1.99. The summed E-state index contributed by atoms with van der Waals surface area (Å²) in [5.41, 5.74) is 13.2. The van der Waals surface area contributed by atoms with E-state index in [4.69, 9.17) is 21.3 Å². The van der Waals surface area contributed by atoms with Crippen molar-refractivity contribution in [2.75, 3.05) is 18.0 Å². The molecule has 3 rings (SSSR count). The molecule has 6 heteroatoms. The number of nitrogens with one attached hydrogen (secondary N) is 1. The molecule has 0 aliphatic heterocycles. The molecule has 0 radical (unpaired) electrons. The number of hydrogen-bond donors (Lipinski definition) is 3. The van der Waals surface area contributed by atoms with Gasteiger partial charge in [-0.2, -0.15) is 0 Å². The Morgan fingerprint density at radius 3 is 2.56 bits per heavy atom. The first-order valence-corrected chi connectivity index (χ1v) is 7.99. The molecule has 1 heterocycles. The standard InChI is InChI=1S/C19H20N4O2/c20-8-9-23(12-13-4-2-1-3-5-13)15-7-6-14-10-16(18(21)22)19(24)25-17(14)11-15/h1-7,10-11H,8-9,12,20H2,(H3,21,22). The number of benzene rings is 2. The van der Waals surface area contributed by atoms with Gasteiger partial charge in [-0.3, -0.25) is 5.41 Å². The van der Waals surface area contributed by atoms with E-state index < -0.39 is 5.63 Å². The molecule has 0 aliphatic rings. The van der Waals surface area contributed by atoms with Gasteiger partial charge in [0.05, 0.1) is 0 Å². The lowest BCUT2D eigenvalue weighted by atomic mass is 10.1. The number of rotatable bonds is 6. The second-order valence-electron chi connectivity index (χ2n) is 5.78. The average Bonchev–Trinajstić information content (AvgIpc) is 2.61.